The van der Waals surface area contributed by atoms with Gasteiger partial charge in [-0.1, -0.05) is 12.8 Å². The lowest BCUT2D eigenvalue weighted by molar-refractivity contribution is -0.136. The van der Waals surface area contributed by atoms with E-state index in [0.717, 1.165) is 31.5 Å². The molecule has 2 aromatic rings. The maximum atomic E-state index is 13.2. The van der Waals surface area contributed by atoms with E-state index in [1.165, 1.54) is 0 Å². The Morgan fingerprint density at radius 2 is 1.60 bits per heavy atom. The molecular weight excluding hydrogens is 466 g/mol. The van der Waals surface area contributed by atoms with Gasteiger partial charge in [0.15, 0.2) is 15.7 Å². The molecule has 1 saturated carbocycles. The molecule has 10 heteroatoms. The van der Waals surface area contributed by atoms with Gasteiger partial charge in [-0.3, -0.25) is 9.59 Å². The lowest BCUT2D eigenvalue weighted by Gasteiger charge is -2.38. The third-order valence-electron chi connectivity index (χ3n) is 7.48. The van der Waals surface area contributed by atoms with E-state index in [9.17, 15) is 18.0 Å². The van der Waals surface area contributed by atoms with Crippen molar-refractivity contribution in [3.63, 3.8) is 0 Å². The monoisotopic (exact) mass is 497 g/mol. The van der Waals surface area contributed by atoms with Crippen LogP contribution in [0.3, 0.4) is 0 Å². The van der Waals surface area contributed by atoms with E-state index in [1.54, 1.807) is 30.5 Å². The molecule has 0 spiro atoms. The minimum Gasteiger partial charge on any atom is -0.353 e. The number of sulfone groups is 1. The van der Waals surface area contributed by atoms with E-state index in [0.29, 0.717) is 44.7 Å². The van der Waals surface area contributed by atoms with E-state index in [2.05, 4.69) is 15.5 Å². The predicted octanol–water partition coefficient (Wildman–Crippen LogP) is 2.51. The number of hydrogen-bond donors (Lipinski definition) is 1. The molecule has 1 aromatic carbocycles. The van der Waals surface area contributed by atoms with Crippen molar-refractivity contribution >= 4 is 33.2 Å². The highest BCUT2D eigenvalue weighted by atomic mass is 32.2. The second-order valence-corrected chi connectivity index (χ2v) is 12.0. The minimum atomic E-state index is -3.49. The van der Waals surface area contributed by atoms with Gasteiger partial charge in [-0.05, 0) is 62.1 Å². The molecule has 3 heterocycles. The van der Waals surface area contributed by atoms with Gasteiger partial charge in [0.25, 0.3) is 0 Å². The summed E-state index contributed by atoms with van der Waals surface area (Å²) in [7, 11) is -3.49. The molecule has 9 nitrogen and oxygen atoms in total. The van der Waals surface area contributed by atoms with Crippen LogP contribution in [0.25, 0.3) is 0 Å². The van der Waals surface area contributed by atoms with E-state index >= 15 is 0 Å². The van der Waals surface area contributed by atoms with Crippen molar-refractivity contribution < 1.29 is 18.0 Å². The van der Waals surface area contributed by atoms with Gasteiger partial charge < -0.3 is 15.1 Å². The summed E-state index contributed by atoms with van der Waals surface area (Å²) >= 11 is 0. The summed E-state index contributed by atoms with van der Waals surface area (Å²) in [5, 5.41) is 10.3. The van der Waals surface area contributed by atoms with Gasteiger partial charge >= 0.3 is 0 Å². The number of carbonyl (C=O) groups excluding carboxylic acids is 2. The number of anilines is 2. The van der Waals surface area contributed by atoms with Crippen LogP contribution in [-0.2, 0) is 19.4 Å². The molecule has 1 aliphatic carbocycles. The zero-order valence-electron chi connectivity index (χ0n) is 19.7. The fraction of sp³-hybridized carbons (Fsp3) is 0.520. The van der Waals surface area contributed by atoms with E-state index in [1.807, 2.05) is 21.9 Å². The van der Waals surface area contributed by atoms with Crippen molar-refractivity contribution in [2.45, 2.75) is 48.7 Å². The van der Waals surface area contributed by atoms with Gasteiger partial charge in [-0.15, -0.1) is 5.10 Å². The average molecular weight is 498 g/mol. The smallest absolute Gasteiger partial charge is 0.231 e. The molecule has 3 fully saturated rings. The number of nitrogens with one attached hydrogen (secondary N) is 1. The molecule has 35 heavy (non-hydrogen) atoms. The fourth-order valence-electron chi connectivity index (χ4n) is 5.28. The number of aromatic nitrogens is 2. The zero-order valence-corrected chi connectivity index (χ0v) is 20.5. The summed E-state index contributed by atoms with van der Waals surface area (Å²) in [4.78, 5) is 29.3. The molecule has 5 rings (SSSR count). The molecular formula is C25H31N5O4S. The van der Waals surface area contributed by atoms with Crippen LogP contribution < -0.4 is 10.2 Å². The number of benzene rings is 1. The molecule has 0 unspecified atom stereocenters. The highest BCUT2D eigenvalue weighted by Gasteiger charge is 2.36. The standard InChI is InChI=1S/C25H31N5O4S/c31-24(19-16-30(17-19)23-6-3-13-26-28-23)27-20-7-9-21(10-8-20)35(33,34)22-11-14-29(15-12-22)25(32)18-4-1-2-5-18/h3,6-10,13,18-19,22H,1-2,4-5,11-12,14-17H2,(H,27,31). The number of nitrogens with zero attached hydrogens (tertiary/aromatic N) is 4. The van der Waals surface area contributed by atoms with Crippen molar-refractivity contribution in [1.29, 1.82) is 0 Å². The van der Waals surface area contributed by atoms with E-state index in [4.69, 9.17) is 0 Å². The van der Waals surface area contributed by atoms with Crippen LogP contribution >= 0.6 is 0 Å². The van der Waals surface area contributed by atoms with Crippen molar-refractivity contribution in [2.24, 2.45) is 11.8 Å². The number of amides is 2. The van der Waals surface area contributed by atoms with Gasteiger partial charge in [-0.2, -0.15) is 5.10 Å². The Bertz CT molecular complexity index is 1150. The van der Waals surface area contributed by atoms with E-state index in [-0.39, 0.29) is 28.5 Å². The van der Waals surface area contributed by atoms with Crippen molar-refractivity contribution in [1.82, 2.24) is 15.1 Å². The lowest BCUT2D eigenvalue weighted by atomic mass is 9.99. The summed E-state index contributed by atoms with van der Waals surface area (Å²) in [6.45, 7) is 2.14. The second kappa shape index (κ2) is 9.93. The molecule has 0 atom stereocenters. The predicted molar refractivity (Wildman–Crippen MR) is 132 cm³/mol. The van der Waals surface area contributed by atoms with Gasteiger partial charge in [0.05, 0.1) is 16.1 Å². The summed E-state index contributed by atoms with van der Waals surface area (Å²) in [6, 6.07) is 10.1. The quantitative estimate of drug-likeness (QED) is 0.652. The fourth-order valence-corrected chi connectivity index (χ4v) is 7.01. The maximum absolute atomic E-state index is 13.2. The van der Waals surface area contributed by atoms with E-state index < -0.39 is 15.1 Å². The van der Waals surface area contributed by atoms with Crippen molar-refractivity contribution in [3.8, 4) is 0 Å². The first-order valence-corrected chi connectivity index (χ1v) is 13.9. The first kappa shape index (κ1) is 23.7. The first-order valence-electron chi connectivity index (χ1n) is 12.4. The Labute approximate surface area is 205 Å². The third-order valence-corrected chi connectivity index (χ3v) is 9.76. The van der Waals surface area contributed by atoms with Crippen LogP contribution in [-0.4, -0.2) is 66.8 Å². The maximum Gasteiger partial charge on any atom is 0.231 e. The Hall–Kier alpha value is -3.01. The average Bonchev–Trinajstić information content (AvgIpc) is 3.39. The Morgan fingerprint density at radius 1 is 0.914 bits per heavy atom. The Balaban J connectivity index is 1.13. The molecule has 2 amide bonds. The minimum absolute atomic E-state index is 0.0972. The molecule has 3 aliphatic rings. The number of piperidine rings is 1. The third kappa shape index (κ3) is 5.03. The highest BCUT2D eigenvalue weighted by Crippen LogP contribution is 2.30. The van der Waals surface area contributed by atoms with Crippen LogP contribution in [0.2, 0.25) is 0 Å². The van der Waals surface area contributed by atoms with Crippen LogP contribution in [0, 0.1) is 11.8 Å². The number of hydrogen-bond acceptors (Lipinski definition) is 7. The largest absolute Gasteiger partial charge is 0.353 e. The summed E-state index contributed by atoms with van der Waals surface area (Å²) < 4.78 is 26.4. The van der Waals surface area contributed by atoms with Gasteiger partial charge in [0, 0.05) is 44.0 Å². The van der Waals surface area contributed by atoms with Crippen LogP contribution in [0.4, 0.5) is 11.5 Å². The second-order valence-electron chi connectivity index (χ2n) is 9.75. The Morgan fingerprint density at radius 3 is 2.23 bits per heavy atom. The molecule has 0 radical (unpaired) electrons. The SMILES string of the molecule is O=C(Nc1ccc(S(=O)(=O)C2CCN(C(=O)C3CCCC3)CC2)cc1)C1CN(c2cccnn2)C1. The van der Waals surface area contributed by atoms with Crippen molar-refractivity contribution in [3.05, 3.63) is 42.6 Å². The number of carbonyl (C=O) groups is 2. The first-order chi connectivity index (χ1) is 16.9. The summed E-state index contributed by atoms with van der Waals surface area (Å²) in [5.74, 6) is 0.822. The molecule has 186 valence electrons. The van der Waals surface area contributed by atoms with Gasteiger partial charge in [0.2, 0.25) is 11.8 Å². The molecule has 0 bridgehead atoms. The summed E-state index contributed by atoms with van der Waals surface area (Å²) in [5.41, 5.74) is 0.573. The summed E-state index contributed by atoms with van der Waals surface area (Å²) in [6.07, 6.45) is 6.67. The van der Waals surface area contributed by atoms with Crippen LogP contribution in [0.15, 0.2) is 47.5 Å². The normalized spacial score (nSPS) is 20.0. The van der Waals surface area contributed by atoms with Crippen LogP contribution in [0.5, 0.6) is 0 Å². The Kier molecular flexibility index (Phi) is 6.73. The molecule has 1 N–H and O–H groups in total. The molecule has 2 saturated heterocycles. The van der Waals surface area contributed by atoms with Gasteiger partial charge in [-0.25, -0.2) is 8.42 Å². The van der Waals surface area contributed by atoms with Crippen molar-refractivity contribution in [2.75, 3.05) is 36.4 Å². The zero-order chi connectivity index (χ0) is 24.4. The number of likely N-dealkylation sites (tertiary alicyclic amines) is 1. The topological polar surface area (TPSA) is 113 Å². The molecule has 2 aliphatic heterocycles. The van der Waals surface area contributed by atoms with Gasteiger partial charge in [0.1, 0.15) is 0 Å². The number of rotatable bonds is 6. The van der Waals surface area contributed by atoms with Crippen LogP contribution in [0.1, 0.15) is 38.5 Å². The highest BCUT2D eigenvalue weighted by molar-refractivity contribution is 7.92. The lowest BCUT2D eigenvalue weighted by Crippen LogP contribution is -2.52. The molecule has 1 aromatic heterocycles.